The molecular formula is C87H110Cl2N5NaO10S2+2. The first-order valence-corrected chi connectivity index (χ1v) is 40.4. The van der Waals surface area contributed by atoms with Gasteiger partial charge in [0.1, 0.15) is 19.6 Å². The van der Waals surface area contributed by atoms with Crippen molar-refractivity contribution in [1.29, 1.82) is 0 Å². The van der Waals surface area contributed by atoms with Crippen molar-refractivity contribution in [3.8, 4) is 0 Å². The summed E-state index contributed by atoms with van der Waals surface area (Å²) in [5.74, 6) is -1.11. The first kappa shape index (κ1) is 88.8. The van der Waals surface area contributed by atoms with Gasteiger partial charge in [0.2, 0.25) is 17.1 Å². The van der Waals surface area contributed by atoms with Gasteiger partial charge in [0.15, 0.2) is 17.1 Å². The van der Waals surface area contributed by atoms with E-state index in [2.05, 4.69) is 220 Å². The number of carbonyl (C=O) groups is 2. The molecule has 0 fully saturated rings. The number of carboxylic acids is 1. The maximum atomic E-state index is 11.4. The van der Waals surface area contributed by atoms with Gasteiger partial charge in [0, 0.05) is 124 Å². The van der Waals surface area contributed by atoms with Crippen molar-refractivity contribution < 1.29 is 88.3 Å². The van der Waals surface area contributed by atoms with Crippen LogP contribution in [0.15, 0.2) is 208 Å². The largest absolute Gasteiger partial charge is 1.00 e. The molecule has 0 saturated heterocycles. The minimum absolute atomic E-state index is 0. The van der Waals surface area contributed by atoms with Crippen molar-refractivity contribution in [3.05, 3.63) is 237 Å². The molecule has 4 heterocycles. The number of hydrogen-bond donors (Lipinski definition) is 2. The van der Waals surface area contributed by atoms with E-state index in [4.69, 9.17) is 40.6 Å². The smallest absolute Gasteiger partial charge is 0.748 e. The Kier molecular flexibility index (Phi) is 34.1. The van der Waals surface area contributed by atoms with Gasteiger partial charge in [-0.1, -0.05) is 167 Å². The number of hydrogen-bond acceptors (Lipinski definition) is 11. The van der Waals surface area contributed by atoms with E-state index in [9.17, 15) is 27.7 Å². The third-order valence-electron chi connectivity index (χ3n) is 21.4. The maximum Gasteiger partial charge on any atom is 1.00 e. The van der Waals surface area contributed by atoms with Gasteiger partial charge in [-0.2, -0.15) is 20.1 Å². The molecule has 0 spiro atoms. The summed E-state index contributed by atoms with van der Waals surface area (Å²) in [4.78, 5) is 24.1. The number of aliphatic carboxylic acids is 1. The number of carbonyl (C=O) groups excluding carboxylic acids is 1. The fourth-order valence-corrected chi connectivity index (χ4v) is 16.8. The molecule has 2 N–H and O–H groups in total. The van der Waals surface area contributed by atoms with Gasteiger partial charge in [-0.05, 0) is 164 Å². The fourth-order valence-electron chi connectivity index (χ4n) is 15.7. The molecule has 0 aromatic heterocycles. The number of halogens is 2. The van der Waals surface area contributed by atoms with Crippen LogP contribution in [0.25, 0.3) is 0 Å². The van der Waals surface area contributed by atoms with E-state index in [0.29, 0.717) is 32.5 Å². The summed E-state index contributed by atoms with van der Waals surface area (Å²) < 4.78 is 69.8. The van der Waals surface area contributed by atoms with Crippen molar-refractivity contribution in [2.45, 2.75) is 201 Å². The van der Waals surface area contributed by atoms with Crippen LogP contribution in [-0.4, -0.2) is 113 Å². The van der Waals surface area contributed by atoms with Crippen molar-refractivity contribution in [2.75, 3.05) is 48.8 Å². The number of para-hydroxylation sites is 5. The number of allylic oxidation sites excluding steroid dienone is 13. The molecule has 5 aromatic rings. The molecule has 2 aliphatic carbocycles. The topological polar surface area (TPSA) is 196 Å². The molecule has 5 aromatic carbocycles. The second-order valence-corrected chi connectivity index (χ2v) is 31.8. The molecule has 2 unspecified atom stereocenters. The molecule has 568 valence electrons. The predicted octanol–water partition coefficient (Wildman–Crippen LogP) is 16.8. The molecule has 4 aliphatic heterocycles. The molecule has 2 atom stereocenters. The van der Waals surface area contributed by atoms with Crippen molar-refractivity contribution >= 4 is 102 Å². The zero-order chi connectivity index (χ0) is 76.1. The molecule has 15 nitrogen and oxygen atoms in total. The number of rotatable bonds is 28. The first-order valence-electron chi connectivity index (χ1n) is 37.1. The second kappa shape index (κ2) is 41.1. The van der Waals surface area contributed by atoms with Crippen molar-refractivity contribution in [1.82, 2.24) is 0 Å². The monoisotopic (exact) mass is 1540 g/mol. The van der Waals surface area contributed by atoms with Crippen LogP contribution in [0.5, 0.6) is 0 Å². The summed E-state index contributed by atoms with van der Waals surface area (Å²) in [7, 11) is -7.31. The summed E-state index contributed by atoms with van der Waals surface area (Å²) in [6.07, 6.45) is 30.7. The van der Waals surface area contributed by atoms with Crippen LogP contribution in [0.2, 0.25) is 0 Å². The Morgan fingerprint density at radius 1 is 0.636 bits per heavy atom. The zero-order valence-corrected chi connectivity index (χ0v) is 68.8. The van der Waals surface area contributed by atoms with Gasteiger partial charge in [-0.25, -0.2) is 8.42 Å². The Bertz CT molecular complexity index is 4530. The van der Waals surface area contributed by atoms with Crippen molar-refractivity contribution in [2.24, 2.45) is 0 Å². The van der Waals surface area contributed by atoms with E-state index in [-0.39, 0.29) is 70.8 Å². The molecule has 6 aliphatic rings. The zero-order valence-electron chi connectivity index (χ0n) is 63.7. The first-order chi connectivity index (χ1) is 50.2. The fraction of sp³-hybridized carbons (Fsp3) is 0.425. The number of nitrogens with one attached hydrogen (secondary N) is 1. The average molecular weight is 1540 g/mol. The SMILES string of the molecule is C.CC1=[N+](CCCS(=O)(=O)[O-])c2ccccc2C1(C)CCCOC=O.CCCC[N+]1=C(/C=C/C2=C(Cl)C(=C/Nc3ccccc3)/CCC2)C(C)(C)c2ccccc21.O=S(=O)=O.[CH2-]CCN1/C(=C/C=C2\CCCC(/C=C/C3=[N+](CCCC)c4ccccc4C3(C)C)=C2Cl)C(C)(CCCC(=O)O)c2ccccc21.[Na+]. The summed E-state index contributed by atoms with van der Waals surface area (Å²) >= 11 is 14.1. The van der Waals surface area contributed by atoms with E-state index in [1.165, 1.54) is 86.0 Å². The van der Waals surface area contributed by atoms with Crippen LogP contribution in [0.1, 0.15) is 201 Å². The third kappa shape index (κ3) is 22.1. The Hall–Kier alpha value is -7.06. The molecule has 20 heteroatoms. The Morgan fingerprint density at radius 2 is 1.10 bits per heavy atom. The molecule has 0 saturated carbocycles. The predicted molar refractivity (Wildman–Crippen MR) is 433 cm³/mol. The van der Waals surface area contributed by atoms with Crippen molar-refractivity contribution in [3.63, 3.8) is 0 Å². The van der Waals surface area contributed by atoms with Crippen LogP contribution < -0.4 is 39.8 Å². The number of benzene rings is 5. The van der Waals surface area contributed by atoms with Gasteiger partial charge in [-0.15, -0.1) is 12.6 Å². The van der Waals surface area contributed by atoms with Crippen LogP contribution in [0.3, 0.4) is 0 Å². The van der Waals surface area contributed by atoms with Gasteiger partial charge < -0.3 is 31.5 Å². The quantitative estimate of drug-likeness (QED) is 0.0120. The minimum atomic E-state index is -4.20. The van der Waals surface area contributed by atoms with Crippen LogP contribution in [0.4, 0.5) is 28.4 Å². The molecule has 0 radical (unpaired) electrons. The van der Waals surface area contributed by atoms with Gasteiger partial charge in [-0.3, -0.25) is 9.59 Å². The number of fused-ring (bicyclic) bond motifs is 4. The van der Waals surface area contributed by atoms with E-state index in [1.54, 1.807) is 0 Å². The number of unbranched alkanes of at least 4 members (excludes halogenated alkanes) is 2. The average Bonchev–Trinajstić information content (AvgIpc) is 1.63. The molecular weight excluding hydrogens is 1430 g/mol. The summed E-state index contributed by atoms with van der Waals surface area (Å²) in [5.41, 5.74) is 20.4. The normalized spacial score (nSPS) is 20.0. The number of anilines is 2. The van der Waals surface area contributed by atoms with E-state index >= 15 is 0 Å². The summed E-state index contributed by atoms with van der Waals surface area (Å²) in [6, 6.07) is 44.5. The molecule has 11 rings (SSSR count). The summed E-state index contributed by atoms with van der Waals surface area (Å²) in [5, 5.41) is 14.5. The van der Waals surface area contributed by atoms with Gasteiger partial charge in [0.05, 0.1) is 33.0 Å². The Morgan fingerprint density at radius 3 is 1.62 bits per heavy atom. The Balaban J connectivity index is 0.000000254. The molecule has 107 heavy (non-hydrogen) atoms. The Labute approximate surface area is 671 Å². The van der Waals surface area contributed by atoms with E-state index in [0.717, 1.165) is 129 Å². The summed E-state index contributed by atoms with van der Waals surface area (Å²) in [6.45, 7) is 28.6. The molecule has 0 amide bonds. The maximum absolute atomic E-state index is 11.4. The minimum Gasteiger partial charge on any atom is -0.748 e. The second-order valence-electron chi connectivity index (χ2n) is 29.1. The van der Waals surface area contributed by atoms with Gasteiger partial charge in [0.25, 0.3) is 6.47 Å². The standard InChI is InChI=1S/C40H49ClN2O2.C29H33ClN2.C17H23NO5S.CH4.Na.O3S/c1-6-8-28-43-33-19-11-9-17-31(33)39(3,4)35(43)24-22-29-15-13-16-30(38(29)41)23-25-36-40(5,26-14-21-37(44)45)32-18-10-12-20-34(32)42(36)27-7-2;1-4-5-20-32-26-17-10-9-16-25(26)29(2,3)27(32)19-18-22-12-11-13-23(28(22)30)21-31-24-14-7-6-8-15-24;1-14-17(2,9-5-11-23-13-19)15-7-3-4-8-16(15)18(14)10-6-12-24(20,21)22;;;1-4(2)3/h9-12,17-20,22-25H,2,6-8,13-16,21,26-28H2,1,3-5H3,(H,44,45);6-10,14-19,21H,4-5,11-13,20H2,1-3H3;3-4,7-8,13H,5-6,9-12H2,1-2H3;1H4;;/q;;;;+1;/p+1. The van der Waals surface area contributed by atoms with Crippen LogP contribution in [-0.2, 0) is 56.7 Å². The van der Waals surface area contributed by atoms with Crippen LogP contribution in [0, 0.1) is 6.92 Å². The number of nitrogens with zero attached hydrogens (tertiary/aromatic N) is 4. The van der Waals surface area contributed by atoms with E-state index < -0.39 is 26.7 Å². The third-order valence-corrected chi connectivity index (χ3v) is 23.1. The van der Waals surface area contributed by atoms with Crippen LogP contribution >= 0.6 is 23.2 Å². The van der Waals surface area contributed by atoms with Gasteiger partial charge >= 0.3 is 46.1 Å². The number of carboxylic acid groups (broad SMARTS) is 1. The molecule has 0 bridgehead atoms. The number of ether oxygens (including phenoxy) is 1. The van der Waals surface area contributed by atoms with E-state index in [1.807, 2.05) is 43.3 Å².